The summed E-state index contributed by atoms with van der Waals surface area (Å²) in [7, 11) is 0. The van der Waals surface area contributed by atoms with E-state index in [2.05, 4.69) is 20.9 Å². The lowest BCUT2D eigenvalue weighted by atomic mass is 10.0. The number of halogens is 4. The molecule has 21 heavy (non-hydrogen) atoms. The topological polar surface area (TPSA) is 30.0 Å². The van der Waals surface area contributed by atoms with Crippen molar-refractivity contribution in [3.63, 3.8) is 0 Å². The van der Waals surface area contributed by atoms with Gasteiger partial charge < -0.3 is 0 Å². The lowest BCUT2D eigenvalue weighted by Gasteiger charge is -2.11. The number of hydrogen-bond acceptors (Lipinski definition) is 2. The first-order chi connectivity index (χ1) is 9.79. The number of aryl methyl sites for hydroxylation is 1. The first kappa shape index (κ1) is 15.7. The number of carbonyl (C=O) groups excluding carboxylic acids is 1. The minimum atomic E-state index is -4.50. The molecule has 0 fully saturated rings. The highest BCUT2D eigenvalue weighted by Crippen LogP contribution is 2.35. The van der Waals surface area contributed by atoms with E-state index in [1.165, 1.54) is 12.1 Å². The SMILES string of the molecule is Cc1cccnc1CC(=O)c1ccc(Br)c(C(F)(F)F)c1. The molecule has 0 atom stereocenters. The fourth-order valence-electron chi connectivity index (χ4n) is 1.87. The molecule has 0 radical (unpaired) electrons. The van der Waals surface area contributed by atoms with Gasteiger partial charge in [-0.25, -0.2) is 0 Å². The number of Topliss-reactive ketones (excluding diaryl/α,β-unsaturated/α-hetero) is 1. The Balaban J connectivity index is 2.31. The molecule has 0 unspecified atom stereocenters. The van der Waals surface area contributed by atoms with E-state index in [0.29, 0.717) is 5.69 Å². The van der Waals surface area contributed by atoms with Crippen LogP contribution in [-0.4, -0.2) is 10.8 Å². The Morgan fingerprint density at radius 2 is 2.00 bits per heavy atom. The number of alkyl halides is 3. The third kappa shape index (κ3) is 3.69. The summed E-state index contributed by atoms with van der Waals surface area (Å²) in [6, 6.07) is 7.02. The Hall–Kier alpha value is -1.69. The number of pyridine rings is 1. The second kappa shape index (κ2) is 5.97. The normalized spacial score (nSPS) is 11.5. The largest absolute Gasteiger partial charge is 0.417 e. The minimum Gasteiger partial charge on any atom is -0.294 e. The number of hydrogen-bond donors (Lipinski definition) is 0. The van der Waals surface area contributed by atoms with E-state index < -0.39 is 17.5 Å². The van der Waals surface area contributed by atoms with Gasteiger partial charge in [0.2, 0.25) is 0 Å². The molecule has 110 valence electrons. The predicted octanol–water partition coefficient (Wildman–Crippen LogP) is 4.60. The molecule has 0 saturated heterocycles. The number of nitrogens with zero attached hydrogens (tertiary/aromatic N) is 1. The lowest BCUT2D eigenvalue weighted by molar-refractivity contribution is -0.138. The Bertz CT molecular complexity index is 683. The first-order valence-electron chi connectivity index (χ1n) is 6.09. The summed E-state index contributed by atoms with van der Waals surface area (Å²) in [4.78, 5) is 16.2. The van der Waals surface area contributed by atoms with Crippen LogP contribution in [0, 0.1) is 6.92 Å². The van der Waals surface area contributed by atoms with Gasteiger partial charge in [-0.15, -0.1) is 0 Å². The molecule has 1 aromatic heterocycles. The monoisotopic (exact) mass is 357 g/mol. The van der Waals surface area contributed by atoms with Gasteiger partial charge in [-0.05, 0) is 30.7 Å². The molecule has 6 heteroatoms. The van der Waals surface area contributed by atoms with Gasteiger partial charge in [-0.3, -0.25) is 9.78 Å². The predicted molar refractivity (Wildman–Crippen MR) is 76.2 cm³/mol. The van der Waals surface area contributed by atoms with Crippen LogP contribution in [0.4, 0.5) is 13.2 Å². The molecule has 2 nitrogen and oxygen atoms in total. The zero-order valence-corrected chi connectivity index (χ0v) is 12.6. The maximum Gasteiger partial charge on any atom is 0.417 e. The van der Waals surface area contributed by atoms with E-state index >= 15 is 0 Å². The van der Waals surface area contributed by atoms with Crippen molar-refractivity contribution < 1.29 is 18.0 Å². The summed E-state index contributed by atoms with van der Waals surface area (Å²) in [5, 5.41) is 0. The van der Waals surface area contributed by atoms with Gasteiger partial charge >= 0.3 is 6.18 Å². The fourth-order valence-corrected chi connectivity index (χ4v) is 2.34. The van der Waals surface area contributed by atoms with Crippen LogP contribution >= 0.6 is 15.9 Å². The highest BCUT2D eigenvalue weighted by atomic mass is 79.9. The van der Waals surface area contributed by atoms with Crippen LogP contribution in [0.15, 0.2) is 41.0 Å². The van der Waals surface area contributed by atoms with Gasteiger partial charge in [0.25, 0.3) is 0 Å². The molecule has 0 aliphatic heterocycles. The van der Waals surface area contributed by atoms with E-state index in [1.807, 2.05) is 0 Å². The number of aromatic nitrogens is 1. The van der Waals surface area contributed by atoms with Crippen molar-refractivity contribution in [2.75, 3.05) is 0 Å². The zero-order chi connectivity index (χ0) is 15.6. The molecule has 0 saturated carbocycles. The zero-order valence-electron chi connectivity index (χ0n) is 11.0. The molecule has 1 heterocycles. The van der Waals surface area contributed by atoms with Gasteiger partial charge in [0.05, 0.1) is 17.7 Å². The second-order valence-electron chi connectivity index (χ2n) is 4.56. The summed E-state index contributed by atoms with van der Waals surface area (Å²) in [6.07, 6.45) is -2.97. The second-order valence-corrected chi connectivity index (χ2v) is 5.41. The quantitative estimate of drug-likeness (QED) is 0.751. The maximum atomic E-state index is 12.8. The third-order valence-corrected chi connectivity index (χ3v) is 3.73. The Morgan fingerprint density at radius 3 is 2.62 bits per heavy atom. The highest BCUT2D eigenvalue weighted by Gasteiger charge is 2.33. The maximum absolute atomic E-state index is 12.8. The van der Waals surface area contributed by atoms with Crippen molar-refractivity contribution in [2.24, 2.45) is 0 Å². The average molecular weight is 358 g/mol. The molecular formula is C15H11BrF3NO. The number of ketones is 1. The molecule has 0 bridgehead atoms. The van der Waals surface area contributed by atoms with Crippen molar-refractivity contribution in [1.82, 2.24) is 4.98 Å². The smallest absolute Gasteiger partial charge is 0.294 e. The van der Waals surface area contributed by atoms with Crippen molar-refractivity contribution in [2.45, 2.75) is 19.5 Å². The Morgan fingerprint density at radius 1 is 1.29 bits per heavy atom. The lowest BCUT2D eigenvalue weighted by Crippen LogP contribution is -2.11. The van der Waals surface area contributed by atoms with E-state index in [1.54, 1.807) is 25.3 Å². The van der Waals surface area contributed by atoms with Gasteiger partial charge in [-0.2, -0.15) is 13.2 Å². The summed E-state index contributed by atoms with van der Waals surface area (Å²) in [5.74, 6) is -0.394. The van der Waals surface area contributed by atoms with Crippen molar-refractivity contribution in [1.29, 1.82) is 0 Å². The first-order valence-corrected chi connectivity index (χ1v) is 6.89. The summed E-state index contributed by atoms with van der Waals surface area (Å²) in [5.41, 5.74) is 0.569. The molecular weight excluding hydrogens is 347 g/mol. The molecule has 0 amide bonds. The Labute approximate surface area is 128 Å². The fraction of sp³-hybridized carbons (Fsp3) is 0.200. The van der Waals surface area contributed by atoms with Gasteiger partial charge in [0.15, 0.2) is 5.78 Å². The minimum absolute atomic E-state index is 0.0222. The molecule has 2 rings (SSSR count). The number of benzene rings is 1. The van der Waals surface area contributed by atoms with Crippen LogP contribution < -0.4 is 0 Å². The third-order valence-electron chi connectivity index (χ3n) is 3.04. The highest BCUT2D eigenvalue weighted by molar-refractivity contribution is 9.10. The van der Waals surface area contributed by atoms with Crippen molar-refractivity contribution in [3.05, 3.63) is 63.4 Å². The standard InChI is InChI=1S/C15H11BrF3NO/c1-9-3-2-6-20-13(9)8-14(21)10-4-5-12(16)11(7-10)15(17,18)19/h2-7H,8H2,1H3. The summed E-state index contributed by atoms with van der Waals surface area (Å²) >= 11 is 2.85. The molecule has 0 N–H and O–H groups in total. The van der Waals surface area contributed by atoms with Crippen LogP contribution in [0.25, 0.3) is 0 Å². The molecule has 0 aliphatic carbocycles. The van der Waals surface area contributed by atoms with Crippen LogP contribution in [0.2, 0.25) is 0 Å². The summed E-state index contributed by atoms with van der Waals surface area (Å²) < 4.78 is 38.4. The Kier molecular flexibility index (Phi) is 4.46. The van der Waals surface area contributed by atoms with Crippen LogP contribution in [0.5, 0.6) is 0 Å². The van der Waals surface area contributed by atoms with E-state index in [4.69, 9.17) is 0 Å². The average Bonchev–Trinajstić information content (AvgIpc) is 2.40. The summed E-state index contributed by atoms with van der Waals surface area (Å²) in [6.45, 7) is 1.80. The van der Waals surface area contributed by atoms with Crippen molar-refractivity contribution in [3.8, 4) is 0 Å². The molecule has 0 aliphatic rings. The van der Waals surface area contributed by atoms with Gasteiger partial charge in [-0.1, -0.05) is 28.1 Å². The molecule has 0 spiro atoms. The molecule has 2 aromatic rings. The van der Waals surface area contributed by atoms with Gasteiger partial charge in [0, 0.05) is 16.2 Å². The van der Waals surface area contributed by atoms with Gasteiger partial charge in [0.1, 0.15) is 0 Å². The van der Waals surface area contributed by atoms with E-state index in [-0.39, 0.29) is 16.5 Å². The molecule has 1 aromatic carbocycles. The van der Waals surface area contributed by atoms with Crippen LogP contribution in [0.3, 0.4) is 0 Å². The van der Waals surface area contributed by atoms with E-state index in [9.17, 15) is 18.0 Å². The van der Waals surface area contributed by atoms with Crippen molar-refractivity contribution >= 4 is 21.7 Å². The van der Waals surface area contributed by atoms with Crippen LogP contribution in [0.1, 0.15) is 27.2 Å². The number of rotatable bonds is 3. The van der Waals surface area contributed by atoms with E-state index in [0.717, 1.165) is 11.6 Å². The van der Waals surface area contributed by atoms with Crippen LogP contribution in [-0.2, 0) is 12.6 Å². The number of carbonyl (C=O) groups is 1.